The van der Waals surface area contributed by atoms with Gasteiger partial charge in [0.25, 0.3) is 5.91 Å². The van der Waals surface area contributed by atoms with Gasteiger partial charge in [-0.25, -0.2) is 18.3 Å². The van der Waals surface area contributed by atoms with Gasteiger partial charge in [0.15, 0.2) is 5.65 Å². The fourth-order valence-electron chi connectivity index (χ4n) is 3.75. The van der Waals surface area contributed by atoms with Gasteiger partial charge >= 0.3 is 0 Å². The Bertz CT molecular complexity index is 1200. The van der Waals surface area contributed by atoms with Gasteiger partial charge in [-0.05, 0) is 38.0 Å². The van der Waals surface area contributed by atoms with Crippen molar-refractivity contribution in [2.24, 2.45) is 0 Å². The van der Waals surface area contributed by atoms with E-state index < -0.39 is 17.2 Å². The molecule has 0 aliphatic carbocycles. The fourth-order valence-corrected chi connectivity index (χ4v) is 3.75. The minimum atomic E-state index is -1.01. The number of fused-ring (bicyclic) bond motifs is 1. The lowest BCUT2D eigenvalue weighted by Crippen LogP contribution is -2.63. The van der Waals surface area contributed by atoms with Gasteiger partial charge in [0.05, 0.1) is 11.9 Å². The standard InChI is InChI=1S/C22H23F2N5O2/c1-12(2)15-10-17(14-6-5-13(23)9-16(14)24)27-29-11-18(26-19(15)29)20(30)28-8-7-25-21(31)22(28,3)4/h5-6,9-12H,7-8H2,1-4H3,(H,25,31). The summed E-state index contributed by atoms with van der Waals surface area (Å²) in [6.45, 7) is 8.00. The summed E-state index contributed by atoms with van der Waals surface area (Å²) in [7, 11) is 0. The third kappa shape index (κ3) is 3.54. The number of imidazole rings is 1. The maximum atomic E-state index is 14.4. The third-order valence-electron chi connectivity index (χ3n) is 5.60. The van der Waals surface area contributed by atoms with E-state index in [1.54, 1.807) is 19.9 Å². The monoisotopic (exact) mass is 427 g/mol. The summed E-state index contributed by atoms with van der Waals surface area (Å²) >= 11 is 0. The van der Waals surface area contributed by atoms with Crippen LogP contribution in [0.1, 0.15) is 49.7 Å². The second-order valence-electron chi connectivity index (χ2n) is 8.43. The molecule has 2 aromatic heterocycles. The zero-order valence-electron chi connectivity index (χ0n) is 17.7. The van der Waals surface area contributed by atoms with E-state index in [9.17, 15) is 18.4 Å². The predicted octanol–water partition coefficient (Wildman–Crippen LogP) is 3.15. The Labute approximate surface area is 178 Å². The summed E-state index contributed by atoms with van der Waals surface area (Å²) in [5.41, 5.74) is 0.839. The molecule has 3 heterocycles. The van der Waals surface area contributed by atoms with Gasteiger partial charge in [-0.1, -0.05) is 13.8 Å². The Morgan fingerprint density at radius 3 is 2.65 bits per heavy atom. The summed E-state index contributed by atoms with van der Waals surface area (Å²) in [6.07, 6.45) is 1.48. The number of hydrogen-bond acceptors (Lipinski definition) is 4. The van der Waals surface area contributed by atoms with E-state index in [-0.39, 0.29) is 29.0 Å². The summed E-state index contributed by atoms with van der Waals surface area (Å²) in [5.74, 6) is -2.00. The van der Waals surface area contributed by atoms with E-state index in [2.05, 4.69) is 15.4 Å². The van der Waals surface area contributed by atoms with Crippen LogP contribution in [-0.4, -0.2) is 49.9 Å². The van der Waals surface area contributed by atoms with Crippen molar-refractivity contribution in [3.05, 3.63) is 53.4 Å². The molecule has 1 aliphatic rings. The number of amides is 2. The van der Waals surface area contributed by atoms with Crippen LogP contribution in [0.5, 0.6) is 0 Å². The molecule has 0 unspecified atom stereocenters. The highest BCUT2D eigenvalue weighted by Gasteiger charge is 2.41. The Balaban J connectivity index is 1.82. The molecule has 162 valence electrons. The van der Waals surface area contributed by atoms with E-state index in [0.717, 1.165) is 11.6 Å². The highest BCUT2D eigenvalue weighted by molar-refractivity contribution is 5.99. The average molecular weight is 427 g/mol. The molecule has 1 aliphatic heterocycles. The molecule has 4 rings (SSSR count). The zero-order chi connectivity index (χ0) is 22.5. The van der Waals surface area contributed by atoms with Crippen molar-refractivity contribution in [3.8, 4) is 11.3 Å². The maximum Gasteiger partial charge on any atom is 0.275 e. The molecule has 1 saturated heterocycles. The van der Waals surface area contributed by atoms with Crippen LogP contribution in [-0.2, 0) is 4.79 Å². The molecule has 0 radical (unpaired) electrons. The van der Waals surface area contributed by atoms with Crippen molar-refractivity contribution in [1.29, 1.82) is 0 Å². The van der Waals surface area contributed by atoms with Gasteiger partial charge in [-0.3, -0.25) is 9.59 Å². The molecular weight excluding hydrogens is 404 g/mol. The Morgan fingerprint density at radius 2 is 1.97 bits per heavy atom. The number of piperazine rings is 1. The molecule has 3 aromatic rings. The number of nitrogens with zero attached hydrogens (tertiary/aromatic N) is 4. The molecule has 1 aromatic carbocycles. The van der Waals surface area contributed by atoms with Crippen molar-refractivity contribution in [2.75, 3.05) is 13.1 Å². The molecule has 1 N–H and O–H groups in total. The Kier molecular flexibility index (Phi) is 4.99. The molecule has 7 nitrogen and oxygen atoms in total. The molecule has 1 fully saturated rings. The normalized spacial score (nSPS) is 16.1. The van der Waals surface area contributed by atoms with E-state index in [1.165, 1.54) is 27.7 Å². The number of rotatable bonds is 3. The van der Waals surface area contributed by atoms with Crippen molar-refractivity contribution in [1.82, 2.24) is 24.8 Å². The number of halogens is 2. The van der Waals surface area contributed by atoms with Crippen LogP contribution in [0.3, 0.4) is 0 Å². The molecule has 0 saturated carbocycles. The maximum absolute atomic E-state index is 14.4. The van der Waals surface area contributed by atoms with E-state index in [0.29, 0.717) is 24.4 Å². The van der Waals surface area contributed by atoms with Crippen molar-refractivity contribution < 1.29 is 18.4 Å². The first-order valence-corrected chi connectivity index (χ1v) is 10.1. The quantitative estimate of drug-likeness (QED) is 0.697. The van der Waals surface area contributed by atoms with Crippen LogP contribution in [0.2, 0.25) is 0 Å². The Hall–Kier alpha value is -3.36. The summed E-state index contributed by atoms with van der Waals surface area (Å²) < 4.78 is 29.1. The van der Waals surface area contributed by atoms with Crippen LogP contribution < -0.4 is 5.32 Å². The van der Waals surface area contributed by atoms with Crippen LogP contribution in [0.25, 0.3) is 16.9 Å². The predicted molar refractivity (Wildman–Crippen MR) is 111 cm³/mol. The lowest BCUT2D eigenvalue weighted by Gasteiger charge is -2.40. The van der Waals surface area contributed by atoms with E-state index >= 15 is 0 Å². The second kappa shape index (κ2) is 7.40. The first-order valence-electron chi connectivity index (χ1n) is 10.1. The number of benzene rings is 1. The van der Waals surface area contributed by atoms with Crippen molar-refractivity contribution in [2.45, 2.75) is 39.2 Å². The summed E-state index contributed by atoms with van der Waals surface area (Å²) in [4.78, 5) is 31.4. The SMILES string of the molecule is CC(C)c1cc(-c2ccc(F)cc2F)nn2cc(C(=O)N3CCNC(=O)C3(C)C)nc12. The Morgan fingerprint density at radius 1 is 1.23 bits per heavy atom. The first kappa shape index (κ1) is 20.9. The van der Waals surface area contributed by atoms with Gasteiger partial charge in [-0.2, -0.15) is 5.10 Å². The first-order chi connectivity index (χ1) is 14.6. The smallest absolute Gasteiger partial charge is 0.275 e. The van der Waals surface area contributed by atoms with Gasteiger partial charge in [0, 0.05) is 30.3 Å². The minimum absolute atomic E-state index is 0.00955. The van der Waals surface area contributed by atoms with Crippen molar-refractivity contribution in [3.63, 3.8) is 0 Å². The minimum Gasteiger partial charge on any atom is -0.352 e. The molecule has 2 amide bonds. The van der Waals surface area contributed by atoms with Crippen LogP contribution in [0.4, 0.5) is 8.78 Å². The molecule has 9 heteroatoms. The zero-order valence-corrected chi connectivity index (χ0v) is 17.7. The molecule has 0 spiro atoms. The molecular formula is C22H23F2N5O2. The lowest BCUT2D eigenvalue weighted by molar-refractivity contribution is -0.133. The van der Waals surface area contributed by atoms with E-state index in [4.69, 9.17) is 0 Å². The largest absolute Gasteiger partial charge is 0.352 e. The number of hydrogen-bond donors (Lipinski definition) is 1. The van der Waals surface area contributed by atoms with Crippen LogP contribution >= 0.6 is 0 Å². The van der Waals surface area contributed by atoms with E-state index in [1.807, 2.05) is 13.8 Å². The highest BCUT2D eigenvalue weighted by Crippen LogP contribution is 2.28. The molecule has 31 heavy (non-hydrogen) atoms. The van der Waals surface area contributed by atoms with Gasteiger partial charge in [0.2, 0.25) is 5.91 Å². The summed E-state index contributed by atoms with van der Waals surface area (Å²) in [5, 5.41) is 7.18. The molecule has 0 atom stereocenters. The number of carbonyl (C=O) groups is 2. The summed E-state index contributed by atoms with van der Waals surface area (Å²) in [6, 6.07) is 5.02. The van der Waals surface area contributed by atoms with Gasteiger partial charge in [-0.15, -0.1) is 0 Å². The number of nitrogens with one attached hydrogen (secondary N) is 1. The average Bonchev–Trinajstić information content (AvgIpc) is 3.12. The second-order valence-corrected chi connectivity index (χ2v) is 8.43. The number of carbonyl (C=O) groups excluding carboxylic acids is 2. The fraction of sp³-hybridized carbons (Fsp3) is 0.364. The van der Waals surface area contributed by atoms with Gasteiger partial charge in [0.1, 0.15) is 22.9 Å². The van der Waals surface area contributed by atoms with Crippen LogP contribution in [0.15, 0.2) is 30.5 Å². The molecule has 0 bridgehead atoms. The third-order valence-corrected chi connectivity index (χ3v) is 5.60. The van der Waals surface area contributed by atoms with Gasteiger partial charge < -0.3 is 10.2 Å². The van der Waals surface area contributed by atoms with Crippen LogP contribution in [0, 0.1) is 11.6 Å². The highest BCUT2D eigenvalue weighted by atomic mass is 19.1. The van der Waals surface area contributed by atoms with Crippen molar-refractivity contribution >= 4 is 17.5 Å². The number of aromatic nitrogens is 3. The lowest BCUT2D eigenvalue weighted by atomic mass is 9.98. The topological polar surface area (TPSA) is 79.6 Å².